The minimum absolute atomic E-state index is 0.411. The lowest BCUT2D eigenvalue weighted by Crippen LogP contribution is -1.96. The summed E-state index contributed by atoms with van der Waals surface area (Å²) in [6.45, 7) is 1.95. The van der Waals surface area contributed by atoms with Gasteiger partial charge in [-0.15, -0.1) is 0 Å². The van der Waals surface area contributed by atoms with E-state index in [4.69, 9.17) is 10.00 Å². The molecule has 0 aliphatic rings. The van der Waals surface area contributed by atoms with E-state index in [9.17, 15) is 4.79 Å². The van der Waals surface area contributed by atoms with Crippen LogP contribution in [0, 0.1) is 11.3 Å². The molecule has 0 N–H and O–H groups in total. The standard InChI is InChI=1S/C11H11NO2/c1-3-9-4-8(7-13)5-10(6-12)11(9)14-2/h4-5,7H,3H2,1-2H3. The van der Waals surface area contributed by atoms with Crippen molar-refractivity contribution < 1.29 is 9.53 Å². The summed E-state index contributed by atoms with van der Waals surface area (Å²) in [5.74, 6) is 0.570. The van der Waals surface area contributed by atoms with Crippen molar-refractivity contribution in [2.24, 2.45) is 0 Å². The zero-order valence-electron chi connectivity index (χ0n) is 8.20. The molecule has 0 radical (unpaired) electrons. The molecule has 0 amide bonds. The summed E-state index contributed by atoms with van der Waals surface area (Å²) in [7, 11) is 1.52. The van der Waals surface area contributed by atoms with Crippen molar-refractivity contribution in [3.8, 4) is 11.8 Å². The number of methoxy groups -OCH3 is 1. The number of nitriles is 1. The van der Waals surface area contributed by atoms with Gasteiger partial charge in [0.2, 0.25) is 0 Å². The van der Waals surface area contributed by atoms with Gasteiger partial charge in [0.15, 0.2) is 0 Å². The molecule has 72 valence electrons. The number of carbonyl (C=O) groups excluding carboxylic acids is 1. The molecule has 1 aromatic carbocycles. The number of hydrogen-bond donors (Lipinski definition) is 0. The van der Waals surface area contributed by atoms with E-state index in [1.807, 2.05) is 13.0 Å². The summed E-state index contributed by atoms with van der Waals surface area (Å²) < 4.78 is 5.12. The molecule has 0 spiro atoms. The Bertz CT molecular complexity index is 391. The molecule has 0 aliphatic carbocycles. The minimum Gasteiger partial charge on any atom is -0.495 e. The fourth-order valence-corrected chi connectivity index (χ4v) is 1.37. The quantitative estimate of drug-likeness (QED) is 0.683. The van der Waals surface area contributed by atoms with Crippen LogP contribution in [0.25, 0.3) is 0 Å². The van der Waals surface area contributed by atoms with Crippen LogP contribution in [0.3, 0.4) is 0 Å². The summed E-state index contributed by atoms with van der Waals surface area (Å²) in [5, 5.41) is 8.84. The molecular weight excluding hydrogens is 178 g/mol. The highest BCUT2D eigenvalue weighted by Gasteiger charge is 2.09. The predicted molar refractivity (Wildman–Crippen MR) is 52.5 cm³/mol. The van der Waals surface area contributed by atoms with E-state index < -0.39 is 0 Å². The fraction of sp³-hybridized carbons (Fsp3) is 0.273. The molecule has 0 aromatic heterocycles. The Hall–Kier alpha value is -1.82. The van der Waals surface area contributed by atoms with E-state index in [0.29, 0.717) is 16.9 Å². The Morgan fingerprint density at radius 2 is 2.29 bits per heavy atom. The van der Waals surface area contributed by atoms with Crippen molar-refractivity contribution >= 4 is 6.29 Å². The molecule has 1 rings (SSSR count). The Morgan fingerprint density at radius 1 is 1.57 bits per heavy atom. The maximum atomic E-state index is 10.6. The van der Waals surface area contributed by atoms with Crippen LogP contribution in [0.15, 0.2) is 12.1 Å². The number of nitrogens with zero attached hydrogens (tertiary/aromatic N) is 1. The Kier molecular flexibility index (Phi) is 3.24. The van der Waals surface area contributed by atoms with Crippen molar-refractivity contribution in [3.05, 3.63) is 28.8 Å². The average Bonchev–Trinajstić information content (AvgIpc) is 2.26. The lowest BCUT2D eigenvalue weighted by molar-refractivity contribution is 0.112. The van der Waals surface area contributed by atoms with Gasteiger partial charge in [-0.1, -0.05) is 6.92 Å². The first-order valence-electron chi connectivity index (χ1n) is 4.33. The van der Waals surface area contributed by atoms with Crippen molar-refractivity contribution in [2.45, 2.75) is 13.3 Å². The van der Waals surface area contributed by atoms with Crippen LogP contribution < -0.4 is 4.74 Å². The van der Waals surface area contributed by atoms with Crippen LogP contribution in [0.5, 0.6) is 5.75 Å². The highest BCUT2D eigenvalue weighted by molar-refractivity contribution is 5.77. The molecule has 3 heteroatoms. The minimum atomic E-state index is 0.411. The Balaban J connectivity index is 3.41. The molecule has 0 saturated heterocycles. The van der Waals surface area contributed by atoms with Crippen molar-refractivity contribution in [1.29, 1.82) is 5.26 Å². The molecule has 0 aliphatic heterocycles. The average molecular weight is 189 g/mol. The second kappa shape index (κ2) is 4.43. The van der Waals surface area contributed by atoms with Crippen LogP contribution >= 0.6 is 0 Å². The van der Waals surface area contributed by atoms with Crippen molar-refractivity contribution in [1.82, 2.24) is 0 Å². The van der Waals surface area contributed by atoms with Crippen LogP contribution in [0.1, 0.15) is 28.4 Å². The van der Waals surface area contributed by atoms with Gasteiger partial charge < -0.3 is 4.74 Å². The summed E-state index contributed by atoms with van der Waals surface area (Å²) in [5.41, 5.74) is 1.81. The highest BCUT2D eigenvalue weighted by atomic mass is 16.5. The molecule has 0 atom stereocenters. The van der Waals surface area contributed by atoms with Gasteiger partial charge in [0.1, 0.15) is 18.1 Å². The third kappa shape index (κ3) is 1.74. The molecular formula is C11H11NO2. The first-order chi connectivity index (χ1) is 6.76. The smallest absolute Gasteiger partial charge is 0.150 e. The third-order valence-corrected chi connectivity index (χ3v) is 2.03. The van der Waals surface area contributed by atoms with Crippen LogP contribution in [-0.2, 0) is 6.42 Å². The van der Waals surface area contributed by atoms with E-state index in [1.54, 1.807) is 6.07 Å². The number of rotatable bonds is 3. The van der Waals surface area contributed by atoms with E-state index in [0.717, 1.165) is 18.3 Å². The van der Waals surface area contributed by atoms with Crippen LogP contribution in [0.2, 0.25) is 0 Å². The number of aldehydes is 1. The molecule has 0 fully saturated rings. The first-order valence-corrected chi connectivity index (χ1v) is 4.33. The number of ether oxygens (including phenoxy) is 1. The van der Waals surface area contributed by atoms with Crippen molar-refractivity contribution in [3.63, 3.8) is 0 Å². The third-order valence-electron chi connectivity index (χ3n) is 2.03. The SMILES string of the molecule is CCc1cc(C=O)cc(C#N)c1OC. The highest BCUT2D eigenvalue weighted by Crippen LogP contribution is 2.25. The number of hydrogen-bond acceptors (Lipinski definition) is 3. The maximum Gasteiger partial charge on any atom is 0.150 e. The monoisotopic (exact) mass is 189 g/mol. The van der Waals surface area contributed by atoms with Gasteiger partial charge in [-0.3, -0.25) is 4.79 Å². The molecule has 0 bridgehead atoms. The molecule has 0 saturated carbocycles. The second-order valence-electron chi connectivity index (χ2n) is 2.84. The number of benzene rings is 1. The summed E-state index contributed by atoms with van der Waals surface area (Å²) >= 11 is 0. The van der Waals surface area contributed by atoms with E-state index in [-0.39, 0.29) is 0 Å². The first kappa shape index (κ1) is 10.3. The molecule has 0 unspecified atom stereocenters. The molecule has 0 heterocycles. The van der Waals surface area contributed by atoms with E-state index >= 15 is 0 Å². The molecule has 3 nitrogen and oxygen atoms in total. The van der Waals surface area contributed by atoms with Crippen LogP contribution in [0.4, 0.5) is 0 Å². The zero-order chi connectivity index (χ0) is 10.6. The Morgan fingerprint density at radius 3 is 2.71 bits per heavy atom. The summed E-state index contributed by atoms with van der Waals surface area (Å²) in [6.07, 6.45) is 1.47. The van der Waals surface area contributed by atoms with Gasteiger partial charge in [0, 0.05) is 5.56 Å². The zero-order valence-corrected chi connectivity index (χ0v) is 8.20. The van der Waals surface area contributed by atoms with Gasteiger partial charge >= 0.3 is 0 Å². The molecule has 14 heavy (non-hydrogen) atoms. The van der Waals surface area contributed by atoms with Gasteiger partial charge in [0.05, 0.1) is 12.7 Å². The van der Waals surface area contributed by atoms with E-state index in [2.05, 4.69) is 0 Å². The van der Waals surface area contributed by atoms with Crippen molar-refractivity contribution in [2.75, 3.05) is 7.11 Å². The van der Waals surface area contributed by atoms with Gasteiger partial charge in [0.25, 0.3) is 0 Å². The number of aryl methyl sites for hydroxylation is 1. The van der Waals surface area contributed by atoms with Gasteiger partial charge in [-0.2, -0.15) is 5.26 Å². The van der Waals surface area contributed by atoms with Gasteiger partial charge in [-0.05, 0) is 24.1 Å². The lowest BCUT2D eigenvalue weighted by atomic mass is 10.0. The van der Waals surface area contributed by atoms with Gasteiger partial charge in [-0.25, -0.2) is 0 Å². The second-order valence-corrected chi connectivity index (χ2v) is 2.84. The largest absolute Gasteiger partial charge is 0.495 e. The Labute approximate surface area is 82.9 Å². The lowest BCUT2D eigenvalue weighted by Gasteiger charge is -2.08. The summed E-state index contributed by atoms with van der Waals surface area (Å²) in [4.78, 5) is 10.6. The summed E-state index contributed by atoms with van der Waals surface area (Å²) in [6, 6.07) is 5.29. The normalized spacial score (nSPS) is 9.21. The van der Waals surface area contributed by atoms with Crippen LogP contribution in [-0.4, -0.2) is 13.4 Å². The topological polar surface area (TPSA) is 50.1 Å². The van der Waals surface area contributed by atoms with E-state index in [1.165, 1.54) is 13.2 Å². The predicted octanol–water partition coefficient (Wildman–Crippen LogP) is 1.94. The molecule has 1 aromatic rings. The maximum absolute atomic E-state index is 10.6. The number of carbonyl (C=O) groups is 1. The fourth-order valence-electron chi connectivity index (χ4n) is 1.37.